The van der Waals surface area contributed by atoms with E-state index >= 15 is 0 Å². The Balaban J connectivity index is 3.11. The van der Waals surface area contributed by atoms with Crippen molar-refractivity contribution in [1.82, 2.24) is 14.9 Å². The summed E-state index contributed by atoms with van der Waals surface area (Å²) in [6.07, 6.45) is 0. The second-order valence-electron chi connectivity index (χ2n) is 4.50. The molecule has 0 saturated carbocycles. The molecule has 0 radical (unpaired) electrons. The van der Waals surface area contributed by atoms with Crippen molar-refractivity contribution >= 4 is 11.5 Å². The minimum Gasteiger partial charge on any atom is -0.473 e. The maximum absolute atomic E-state index is 11.2. The Labute approximate surface area is 123 Å². The van der Waals surface area contributed by atoms with Crippen LogP contribution in [0.25, 0.3) is 0 Å². The highest BCUT2D eigenvalue weighted by molar-refractivity contribution is 5.61. The van der Waals surface area contributed by atoms with Gasteiger partial charge in [0.15, 0.2) is 5.82 Å². The first-order valence-electron chi connectivity index (χ1n) is 6.55. The molecule has 21 heavy (non-hydrogen) atoms. The summed E-state index contributed by atoms with van der Waals surface area (Å²) in [6, 6.07) is 0. The predicted octanol–water partition coefficient (Wildman–Crippen LogP) is 0.903. The van der Waals surface area contributed by atoms with Gasteiger partial charge in [-0.3, -0.25) is 10.1 Å². The van der Waals surface area contributed by atoms with E-state index in [1.165, 1.54) is 7.11 Å². The third-order valence-electron chi connectivity index (χ3n) is 2.49. The van der Waals surface area contributed by atoms with Crippen molar-refractivity contribution in [3.8, 4) is 5.88 Å². The fraction of sp³-hybridized carbons (Fsp3) is 0.667. The molecular formula is C12H21N5O4. The number of ether oxygens (including phenoxy) is 2. The SMILES string of the molecule is CCOc1nc(COC)nc(NCCN(C)C)c1[N+](=O)[O-]. The third kappa shape index (κ3) is 5.12. The molecule has 9 nitrogen and oxygen atoms in total. The molecule has 0 fully saturated rings. The van der Waals surface area contributed by atoms with Crippen LogP contribution in [0.4, 0.5) is 11.5 Å². The van der Waals surface area contributed by atoms with Gasteiger partial charge in [-0.25, -0.2) is 4.98 Å². The summed E-state index contributed by atoms with van der Waals surface area (Å²) in [4.78, 5) is 20.8. The zero-order valence-corrected chi connectivity index (χ0v) is 12.8. The van der Waals surface area contributed by atoms with Gasteiger partial charge >= 0.3 is 5.69 Å². The van der Waals surface area contributed by atoms with Crippen LogP contribution in [0.2, 0.25) is 0 Å². The number of methoxy groups -OCH3 is 1. The van der Waals surface area contributed by atoms with E-state index in [9.17, 15) is 10.1 Å². The van der Waals surface area contributed by atoms with Gasteiger partial charge in [0.1, 0.15) is 6.61 Å². The van der Waals surface area contributed by atoms with Gasteiger partial charge in [-0.05, 0) is 21.0 Å². The highest BCUT2D eigenvalue weighted by Crippen LogP contribution is 2.31. The molecule has 0 amide bonds. The van der Waals surface area contributed by atoms with Crippen LogP contribution in [-0.2, 0) is 11.3 Å². The second kappa shape index (κ2) is 8.32. The standard InChI is InChI=1S/C12H21N5O4/c1-5-21-12-10(17(18)19)11(13-6-7-16(2)3)14-9(15-12)8-20-4/h5-8H2,1-4H3,(H,13,14,15). The smallest absolute Gasteiger partial charge is 0.372 e. The van der Waals surface area contributed by atoms with E-state index in [0.717, 1.165) is 0 Å². The van der Waals surface area contributed by atoms with Crippen molar-refractivity contribution in [2.24, 2.45) is 0 Å². The lowest BCUT2D eigenvalue weighted by Gasteiger charge is -2.13. The number of hydrogen-bond donors (Lipinski definition) is 1. The highest BCUT2D eigenvalue weighted by atomic mass is 16.6. The zero-order chi connectivity index (χ0) is 15.8. The Hall–Kier alpha value is -2.00. The Morgan fingerprint density at radius 3 is 2.62 bits per heavy atom. The topological polar surface area (TPSA) is 103 Å². The van der Waals surface area contributed by atoms with Crippen LogP contribution in [0.1, 0.15) is 12.7 Å². The number of hydrogen-bond acceptors (Lipinski definition) is 8. The molecular weight excluding hydrogens is 278 g/mol. The van der Waals surface area contributed by atoms with Crippen LogP contribution >= 0.6 is 0 Å². The second-order valence-corrected chi connectivity index (χ2v) is 4.50. The van der Waals surface area contributed by atoms with Crippen molar-refractivity contribution in [3.05, 3.63) is 15.9 Å². The molecule has 0 aromatic carbocycles. The van der Waals surface area contributed by atoms with Crippen molar-refractivity contribution in [2.45, 2.75) is 13.5 Å². The molecule has 0 bridgehead atoms. The molecule has 0 unspecified atom stereocenters. The average Bonchev–Trinajstić information content (AvgIpc) is 2.38. The van der Waals surface area contributed by atoms with Gasteiger partial charge in [-0.2, -0.15) is 4.98 Å². The molecule has 0 atom stereocenters. The summed E-state index contributed by atoms with van der Waals surface area (Å²) in [5.74, 6) is 0.433. The van der Waals surface area contributed by atoms with Crippen molar-refractivity contribution < 1.29 is 14.4 Å². The van der Waals surface area contributed by atoms with E-state index < -0.39 is 4.92 Å². The highest BCUT2D eigenvalue weighted by Gasteiger charge is 2.26. The summed E-state index contributed by atoms with van der Waals surface area (Å²) in [6.45, 7) is 3.40. The van der Waals surface area contributed by atoms with E-state index in [2.05, 4.69) is 15.3 Å². The molecule has 0 spiro atoms. The minimum atomic E-state index is -0.542. The summed E-state index contributed by atoms with van der Waals surface area (Å²) in [5, 5.41) is 14.2. The first-order valence-corrected chi connectivity index (χ1v) is 6.55. The molecule has 0 aliphatic rings. The quantitative estimate of drug-likeness (QED) is 0.530. The lowest BCUT2D eigenvalue weighted by Crippen LogP contribution is -2.22. The number of rotatable bonds is 9. The average molecular weight is 299 g/mol. The molecule has 1 heterocycles. The fourth-order valence-corrected chi connectivity index (χ4v) is 1.60. The molecule has 1 aromatic heterocycles. The molecule has 1 aromatic rings. The number of nitro groups is 1. The molecule has 9 heteroatoms. The molecule has 1 N–H and O–H groups in total. The van der Waals surface area contributed by atoms with Crippen molar-refractivity contribution in [2.75, 3.05) is 46.2 Å². The van der Waals surface area contributed by atoms with Gasteiger partial charge in [-0.15, -0.1) is 0 Å². The van der Waals surface area contributed by atoms with Crippen LogP contribution in [0.3, 0.4) is 0 Å². The van der Waals surface area contributed by atoms with Gasteiger partial charge in [-0.1, -0.05) is 0 Å². The van der Waals surface area contributed by atoms with E-state index in [-0.39, 0.29) is 30.6 Å². The van der Waals surface area contributed by atoms with Gasteiger partial charge in [0.2, 0.25) is 5.82 Å². The monoisotopic (exact) mass is 299 g/mol. The Morgan fingerprint density at radius 2 is 2.10 bits per heavy atom. The maximum atomic E-state index is 11.2. The van der Waals surface area contributed by atoms with Gasteiger partial charge in [0.25, 0.3) is 5.88 Å². The zero-order valence-electron chi connectivity index (χ0n) is 12.8. The van der Waals surface area contributed by atoms with Crippen LogP contribution < -0.4 is 10.1 Å². The summed E-state index contributed by atoms with van der Waals surface area (Å²) in [7, 11) is 5.33. The number of likely N-dealkylation sites (N-methyl/N-ethyl adjacent to an activating group) is 1. The van der Waals surface area contributed by atoms with E-state index in [4.69, 9.17) is 9.47 Å². The van der Waals surface area contributed by atoms with Gasteiger partial charge in [0, 0.05) is 20.2 Å². The van der Waals surface area contributed by atoms with E-state index in [1.807, 2.05) is 19.0 Å². The minimum absolute atomic E-state index is 0.0445. The van der Waals surface area contributed by atoms with Crippen molar-refractivity contribution in [1.29, 1.82) is 0 Å². The number of nitrogens with one attached hydrogen (secondary N) is 1. The Morgan fingerprint density at radius 1 is 1.38 bits per heavy atom. The van der Waals surface area contributed by atoms with Crippen LogP contribution in [0, 0.1) is 10.1 Å². The lowest BCUT2D eigenvalue weighted by molar-refractivity contribution is -0.385. The number of anilines is 1. The fourth-order valence-electron chi connectivity index (χ4n) is 1.60. The molecule has 0 saturated heterocycles. The van der Waals surface area contributed by atoms with E-state index in [0.29, 0.717) is 18.9 Å². The lowest BCUT2D eigenvalue weighted by atomic mass is 10.4. The summed E-state index contributed by atoms with van der Waals surface area (Å²) in [5.41, 5.74) is -0.254. The van der Waals surface area contributed by atoms with Crippen molar-refractivity contribution in [3.63, 3.8) is 0 Å². The number of nitrogens with zero attached hydrogens (tertiary/aromatic N) is 4. The third-order valence-corrected chi connectivity index (χ3v) is 2.49. The molecule has 0 aliphatic heterocycles. The Kier molecular flexibility index (Phi) is 6.76. The molecule has 118 valence electrons. The number of aromatic nitrogens is 2. The van der Waals surface area contributed by atoms with Gasteiger partial charge < -0.3 is 19.7 Å². The molecule has 0 aliphatic carbocycles. The van der Waals surface area contributed by atoms with Crippen LogP contribution in [-0.4, -0.2) is 60.7 Å². The maximum Gasteiger partial charge on any atom is 0.372 e. The van der Waals surface area contributed by atoms with Crippen LogP contribution in [0.5, 0.6) is 5.88 Å². The first-order chi connectivity index (χ1) is 9.99. The summed E-state index contributed by atoms with van der Waals surface area (Å²) < 4.78 is 10.2. The van der Waals surface area contributed by atoms with E-state index in [1.54, 1.807) is 6.92 Å². The van der Waals surface area contributed by atoms with Gasteiger partial charge in [0.05, 0.1) is 11.5 Å². The Bertz CT molecular complexity index is 481. The molecule has 1 rings (SSSR count). The normalized spacial score (nSPS) is 10.7. The first kappa shape index (κ1) is 17.1. The van der Waals surface area contributed by atoms with Crippen LogP contribution in [0.15, 0.2) is 0 Å². The predicted molar refractivity (Wildman–Crippen MR) is 77.6 cm³/mol. The largest absolute Gasteiger partial charge is 0.473 e. The summed E-state index contributed by atoms with van der Waals surface area (Å²) >= 11 is 0.